The molecule has 22 heavy (non-hydrogen) atoms. The number of alkyl halides is 3. The highest BCUT2D eigenvalue weighted by atomic mass is 19.4. The van der Waals surface area contributed by atoms with Gasteiger partial charge in [-0.15, -0.1) is 0 Å². The Balaban J connectivity index is 2.23. The summed E-state index contributed by atoms with van der Waals surface area (Å²) in [4.78, 5) is 16.8. The molecule has 0 fully saturated rings. The molecule has 0 N–H and O–H groups in total. The maximum Gasteiger partial charge on any atom is 0.444 e. The number of benzene rings is 2. The van der Waals surface area contributed by atoms with Crippen LogP contribution in [0.3, 0.4) is 0 Å². The first-order valence-corrected chi connectivity index (χ1v) is 6.20. The fourth-order valence-corrected chi connectivity index (χ4v) is 1.72. The van der Waals surface area contributed by atoms with E-state index in [0.717, 1.165) is 19.2 Å². The van der Waals surface area contributed by atoms with Crippen LogP contribution in [0.5, 0.6) is 5.75 Å². The molecular formula is C15H12F3NO3. The minimum Gasteiger partial charge on any atom is -0.408 e. The van der Waals surface area contributed by atoms with Gasteiger partial charge in [0.05, 0.1) is 18.4 Å². The molecular weight excluding hydrogens is 299 g/mol. The molecule has 0 saturated heterocycles. The summed E-state index contributed by atoms with van der Waals surface area (Å²) in [6.45, 7) is 0. The number of amides is 1. The predicted octanol–water partition coefficient (Wildman–Crippen LogP) is 4.27. The molecule has 116 valence electrons. The Morgan fingerprint density at radius 2 is 1.73 bits per heavy atom. The van der Waals surface area contributed by atoms with Crippen molar-refractivity contribution in [3.8, 4) is 5.75 Å². The molecule has 2 rings (SSSR count). The number of halogens is 3. The lowest BCUT2D eigenvalue weighted by Crippen LogP contribution is -2.32. The summed E-state index contributed by atoms with van der Waals surface area (Å²) in [5.74, 6) is 0.251. The summed E-state index contributed by atoms with van der Waals surface area (Å²) in [6, 6.07) is 12.3. The lowest BCUT2D eigenvalue weighted by molar-refractivity contribution is -0.137. The van der Waals surface area contributed by atoms with E-state index in [1.54, 1.807) is 18.2 Å². The van der Waals surface area contributed by atoms with E-state index in [1.807, 2.05) is 0 Å². The average molecular weight is 311 g/mol. The van der Waals surface area contributed by atoms with Crippen LogP contribution in [0.15, 0.2) is 54.6 Å². The highest BCUT2D eigenvalue weighted by molar-refractivity contribution is 5.87. The van der Waals surface area contributed by atoms with Gasteiger partial charge in [0.1, 0.15) is 5.75 Å². The van der Waals surface area contributed by atoms with Crippen molar-refractivity contribution in [3.63, 3.8) is 0 Å². The molecule has 0 aliphatic heterocycles. The Morgan fingerprint density at radius 3 is 2.32 bits per heavy atom. The van der Waals surface area contributed by atoms with Crippen LogP contribution < -0.4 is 9.80 Å². The van der Waals surface area contributed by atoms with Crippen molar-refractivity contribution in [2.45, 2.75) is 6.18 Å². The molecule has 4 nitrogen and oxygen atoms in total. The van der Waals surface area contributed by atoms with Crippen molar-refractivity contribution in [2.24, 2.45) is 0 Å². The predicted molar refractivity (Wildman–Crippen MR) is 73.4 cm³/mol. The van der Waals surface area contributed by atoms with Crippen LogP contribution in [0, 0.1) is 0 Å². The van der Waals surface area contributed by atoms with Crippen LogP contribution in [0.1, 0.15) is 5.56 Å². The molecule has 0 aromatic heterocycles. The first-order valence-electron chi connectivity index (χ1n) is 6.20. The number of ether oxygens (including phenoxy) is 1. The summed E-state index contributed by atoms with van der Waals surface area (Å²) in [6.07, 6.45) is -5.47. The van der Waals surface area contributed by atoms with Crippen molar-refractivity contribution in [3.05, 3.63) is 60.2 Å². The summed E-state index contributed by atoms with van der Waals surface area (Å²) in [5, 5.41) is 0.641. The van der Waals surface area contributed by atoms with Crippen molar-refractivity contribution in [1.29, 1.82) is 0 Å². The van der Waals surface area contributed by atoms with Gasteiger partial charge in [0, 0.05) is 0 Å². The number of rotatable bonds is 3. The van der Waals surface area contributed by atoms with E-state index >= 15 is 0 Å². The highest BCUT2D eigenvalue weighted by Crippen LogP contribution is 2.31. The van der Waals surface area contributed by atoms with Crippen molar-refractivity contribution < 1.29 is 27.5 Å². The van der Waals surface area contributed by atoms with Gasteiger partial charge in [-0.05, 0) is 30.3 Å². The van der Waals surface area contributed by atoms with Crippen LogP contribution in [-0.2, 0) is 11.0 Å². The second kappa shape index (κ2) is 6.48. The maximum atomic E-state index is 12.7. The fraction of sp³-hybridized carbons (Fsp3) is 0.133. The topological polar surface area (TPSA) is 38.8 Å². The Morgan fingerprint density at radius 1 is 1.05 bits per heavy atom. The Hall–Kier alpha value is -2.54. The number of para-hydroxylation sites is 1. The van der Waals surface area contributed by atoms with Gasteiger partial charge in [-0.1, -0.05) is 24.3 Å². The SMILES string of the molecule is CON(C(=O)Oc1ccccc1)c1cccc(C(F)(F)F)c1. The number of hydrogen-bond acceptors (Lipinski definition) is 3. The molecule has 2 aromatic rings. The van der Waals surface area contributed by atoms with Gasteiger partial charge in [-0.3, -0.25) is 4.84 Å². The first kappa shape index (κ1) is 15.8. The van der Waals surface area contributed by atoms with Gasteiger partial charge in [0.15, 0.2) is 0 Å². The molecule has 0 aliphatic carbocycles. The first-order chi connectivity index (χ1) is 10.4. The molecule has 0 unspecified atom stereocenters. The molecule has 0 atom stereocenters. The lowest BCUT2D eigenvalue weighted by Gasteiger charge is -2.20. The Kier molecular flexibility index (Phi) is 4.67. The van der Waals surface area contributed by atoms with E-state index < -0.39 is 17.8 Å². The normalized spacial score (nSPS) is 11.1. The zero-order valence-electron chi connectivity index (χ0n) is 11.5. The molecule has 0 spiro atoms. The van der Waals surface area contributed by atoms with Crippen LogP contribution in [-0.4, -0.2) is 13.2 Å². The number of carbonyl (C=O) groups is 1. The number of hydroxylamine groups is 1. The summed E-state index contributed by atoms with van der Waals surface area (Å²) >= 11 is 0. The average Bonchev–Trinajstić information content (AvgIpc) is 2.48. The molecule has 0 bridgehead atoms. The van der Waals surface area contributed by atoms with Gasteiger partial charge in [0.25, 0.3) is 0 Å². The molecule has 0 radical (unpaired) electrons. The fourth-order valence-electron chi connectivity index (χ4n) is 1.72. The smallest absolute Gasteiger partial charge is 0.408 e. The zero-order valence-corrected chi connectivity index (χ0v) is 11.5. The quantitative estimate of drug-likeness (QED) is 0.795. The number of anilines is 1. The Labute approximate surface area is 124 Å². The molecule has 7 heteroatoms. The highest BCUT2D eigenvalue weighted by Gasteiger charge is 2.31. The molecule has 1 amide bonds. The van der Waals surface area contributed by atoms with E-state index in [2.05, 4.69) is 0 Å². The monoisotopic (exact) mass is 311 g/mol. The second-order valence-corrected chi connectivity index (χ2v) is 4.21. The lowest BCUT2D eigenvalue weighted by atomic mass is 10.2. The van der Waals surface area contributed by atoms with Crippen LogP contribution in [0.4, 0.5) is 23.7 Å². The standard InChI is InChI=1S/C15H12F3NO3/c1-21-19(14(20)22-13-8-3-2-4-9-13)12-7-5-6-11(10-12)15(16,17)18/h2-10H,1H3. The third kappa shape index (κ3) is 3.76. The minimum atomic E-state index is -4.52. The number of hydrogen-bond donors (Lipinski definition) is 0. The maximum absolute atomic E-state index is 12.7. The van der Waals surface area contributed by atoms with Crippen LogP contribution in [0.2, 0.25) is 0 Å². The van der Waals surface area contributed by atoms with Gasteiger partial charge < -0.3 is 4.74 Å². The van der Waals surface area contributed by atoms with Gasteiger partial charge in [0.2, 0.25) is 0 Å². The van der Waals surface area contributed by atoms with Gasteiger partial charge in [-0.25, -0.2) is 4.79 Å². The zero-order chi connectivity index (χ0) is 16.2. The van der Waals surface area contributed by atoms with Crippen molar-refractivity contribution in [2.75, 3.05) is 12.2 Å². The minimum absolute atomic E-state index is 0.0849. The second-order valence-electron chi connectivity index (χ2n) is 4.21. The van der Waals surface area contributed by atoms with Gasteiger partial charge >= 0.3 is 12.3 Å². The summed E-state index contributed by atoms with van der Waals surface area (Å²) in [7, 11) is 1.16. The summed E-state index contributed by atoms with van der Waals surface area (Å²) < 4.78 is 43.2. The molecule has 0 saturated carbocycles. The van der Waals surface area contributed by atoms with E-state index in [0.29, 0.717) is 5.06 Å². The Bertz CT molecular complexity index is 644. The van der Waals surface area contributed by atoms with Crippen LogP contribution >= 0.6 is 0 Å². The van der Waals surface area contributed by atoms with E-state index in [1.165, 1.54) is 24.3 Å². The number of carbonyl (C=O) groups excluding carboxylic acids is 1. The van der Waals surface area contributed by atoms with E-state index in [-0.39, 0.29) is 11.4 Å². The number of nitrogens with zero attached hydrogens (tertiary/aromatic N) is 1. The largest absolute Gasteiger partial charge is 0.444 e. The van der Waals surface area contributed by atoms with E-state index in [9.17, 15) is 18.0 Å². The summed E-state index contributed by atoms with van der Waals surface area (Å²) in [5.41, 5.74) is -0.974. The van der Waals surface area contributed by atoms with Crippen LogP contribution in [0.25, 0.3) is 0 Å². The van der Waals surface area contributed by atoms with Crippen molar-refractivity contribution in [1.82, 2.24) is 0 Å². The molecule has 0 heterocycles. The van der Waals surface area contributed by atoms with E-state index in [4.69, 9.17) is 9.57 Å². The van der Waals surface area contributed by atoms with Crippen molar-refractivity contribution >= 4 is 11.8 Å². The molecule has 2 aromatic carbocycles. The third-order valence-corrected chi connectivity index (χ3v) is 2.70. The van der Waals surface area contributed by atoms with Gasteiger partial charge in [-0.2, -0.15) is 18.2 Å². The molecule has 0 aliphatic rings. The third-order valence-electron chi connectivity index (χ3n) is 2.70.